The number of carboxylic acid groups (broad SMARTS) is 1. The summed E-state index contributed by atoms with van der Waals surface area (Å²) in [6.45, 7) is 0.575. The van der Waals surface area contributed by atoms with E-state index in [1.807, 2.05) is 48.5 Å². The van der Waals surface area contributed by atoms with Gasteiger partial charge in [0.2, 0.25) is 0 Å². The van der Waals surface area contributed by atoms with Crippen LogP contribution in [0.4, 0.5) is 17.1 Å². The predicted octanol–water partition coefficient (Wildman–Crippen LogP) is 4.04. The summed E-state index contributed by atoms with van der Waals surface area (Å²) in [4.78, 5) is 25.3. The Bertz CT molecular complexity index is 758. The number of carbonyl (C=O) groups is 2. The number of nitrogens with one attached hydrogen (secondary N) is 1. The van der Waals surface area contributed by atoms with Gasteiger partial charge >= 0.3 is 5.97 Å². The van der Waals surface area contributed by atoms with Crippen molar-refractivity contribution in [1.29, 1.82) is 0 Å². The number of anilines is 3. The molecule has 0 bridgehead atoms. The van der Waals surface area contributed by atoms with Crippen LogP contribution < -0.4 is 10.2 Å². The third-order valence-electron chi connectivity index (χ3n) is 4.14. The Balaban J connectivity index is 1.81. The Kier molecular flexibility index (Phi) is 4.79. The summed E-state index contributed by atoms with van der Waals surface area (Å²) < 4.78 is 0. The summed E-state index contributed by atoms with van der Waals surface area (Å²) in [6, 6.07) is 15.2. The monoisotopic (exact) mass is 324 g/mol. The molecular weight excluding hydrogens is 304 g/mol. The molecule has 0 saturated heterocycles. The van der Waals surface area contributed by atoms with Crippen LogP contribution in [0.1, 0.15) is 36.0 Å². The van der Waals surface area contributed by atoms with Crippen LogP contribution in [-0.4, -0.2) is 23.5 Å². The van der Waals surface area contributed by atoms with E-state index in [0.29, 0.717) is 18.5 Å². The third kappa shape index (κ3) is 3.40. The van der Waals surface area contributed by atoms with E-state index in [9.17, 15) is 9.59 Å². The first-order valence-corrected chi connectivity index (χ1v) is 8.15. The molecule has 0 unspecified atom stereocenters. The lowest BCUT2D eigenvalue weighted by Gasteiger charge is -2.22. The van der Waals surface area contributed by atoms with E-state index in [1.165, 1.54) is 0 Å². The van der Waals surface area contributed by atoms with Gasteiger partial charge in [0.1, 0.15) is 0 Å². The minimum atomic E-state index is -0.774. The van der Waals surface area contributed by atoms with Gasteiger partial charge in [-0.25, -0.2) is 0 Å². The van der Waals surface area contributed by atoms with Crippen LogP contribution in [0.3, 0.4) is 0 Å². The molecule has 2 aromatic carbocycles. The number of fused-ring (bicyclic) bond motifs is 2. The second kappa shape index (κ2) is 7.17. The fourth-order valence-corrected chi connectivity index (χ4v) is 2.94. The highest BCUT2D eigenvalue weighted by Crippen LogP contribution is 2.35. The lowest BCUT2D eigenvalue weighted by atomic mass is 10.1. The largest absolute Gasteiger partial charge is 0.481 e. The number of carboxylic acids is 1. The quantitative estimate of drug-likeness (QED) is 0.787. The van der Waals surface area contributed by atoms with Crippen LogP contribution in [0.15, 0.2) is 48.5 Å². The number of hydrogen-bond donors (Lipinski definition) is 2. The van der Waals surface area contributed by atoms with Crippen molar-refractivity contribution < 1.29 is 14.7 Å². The highest BCUT2D eigenvalue weighted by atomic mass is 16.4. The van der Waals surface area contributed by atoms with Crippen molar-refractivity contribution in [2.45, 2.75) is 25.7 Å². The molecule has 0 aromatic heterocycles. The summed E-state index contributed by atoms with van der Waals surface area (Å²) in [5, 5.41) is 12.0. The fraction of sp³-hybridized carbons (Fsp3) is 0.263. The van der Waals surface area contributed by atoms with Crippen molar-refractivity contribution in [1.82, 2.24) is 0 Å². The first-order chi connectivity index (χ1) is 11.7. The average molecular weight is 324 g/mol. The topological polar surface area (TPSA) is 69.6 Å². The predicted molar refractivity (Wildman–Crippen MR) is 93.9 cm³/mol. The molecule has 0 spiro atoms. The maximum absolute atomic E-state index is 13.0. The zero-order chi connectivity index (χ0) is 16.9. The lowest BCUT2D eigenvalue weighted by Crippen LogP contribution is -2.31. The molecule has 5 nitrogen and oxygen atoms in total. The second-order valence-electron chi connectivity index (χ2n) is 5.85. The molecule has 1 aliphatic rings. The maximum atomic E-state index is 13.0. The lowest BCUT2D eigenvalue weighted by molar-refractivity contribution is -0.137. The van der Waals surface area contributed by atoms with E-state index in [4.69, 9.17) is 5.11 Å². The first-order valence-electron chi connectivity index (χ1n) is 8.15. The van der Waals surface area contributed by atoms with Crippen molar-refractivity contribution in [3.05, 3.63) is 54.1 Å². The Labute approximate surface area is 140 Å². The van der Waals surface area contributed by atoms with E-state index in [-0.39, 0.29) is 12.3 Å². The van der Waals surface area contributed by atoms with Crippen LogP contribution in [-0.2, 0) is 4.79 Å². The zero-order valence-electron chi connectivity index (χ0n) is 13.4. The molecule has 124 valence electrons. The van der Waals surface area contributed by atoms with Gasteiger partial charge in [-0.3, -0.25) is 9.59 Å². The summed E-state index contributed by atoms with van der Waals surface area (Å²) in [5.74, 6) is -0.800. The van der Waals surface area contributed by atoms with Crippen molar-refractivity contribution in [3.63, 3.8) is 0 Å². The van der Waals surface area contributed by atoms with Gasteiger partial charge in [-0.05, 0) is 37.1 Å². The Hall–Kier alpha value is -2.82. The number of amides is 1. The second-order valence-corrected chi connectivity index (χ2v) is 5.85. The normalized spacial score (nSPS) is 12.8. The van der Waals surface area contributed by atoms with Crippen molar-refractivity contribution in [3.8, 4) is 0 Å². The van der Waals surface area contributed by atoms with E-state index >= 15 is 0 Å². The molecule has 0 saturated carbocycles. The number of para-hydroxylation sites is 3. The molecular formula is C19H20N2O3. The number of carbonyl (C=O) groups excluding carboxylic acids is 1. The zero-order valence-corrected chi connectivity index (χ0v) is 13.4. The van der Waals surface area contributed by atoms with Gasteiger partial charge in [-0.2, -0.15) is 0 Å². The summed E-state index contributed by atoms with van der Waals surface area (Å²) in [7, 11) is 0. The molecule has 0 aliphatic carbocycles. The van der Waals surface area contributed by atoms with Crippen LogP contribution >= 0.6 is 0 Å². The van der Waals surface area contributed by atoms with E-state index in [2.05, 4.69) is 5.32 Å². The van der Waals surface area contributed by atoms with Crippen molar-refractivity contribution in [2.24, 2.45) is 0 Å². The summed E-state index contributed by atoms with van der Waals surface area (Å²) >= 11 is 0. The minimum Gasteiger partial charge on any atom is -0.481 e. The molecule has 1 amide bonds. The smallest absolute Gasteiger partial charge is 0.303 e. The van der Waals surface area contributed by atoms with Crippen molar-refractivity contribution in [2.75, 3.05) is 16.8 Å². The number of hydrogen-bond acceptors (Lipinski definition) is 3. The van der Waals surface area contributed by atoms with E-state index in [1.54, 1.807) is 4.90 Å². The molecule has 0 fully saturated rings. The molecule has 2 aromatic rings. The molecule has 1 aliphatic heterocycles. The summed E-state index contributed by atoms with van der Waals surface area (Å²) in [5.41, 5.74) is 3.22. The van der Waals surface area contributed by atoms with Gasteiger partial charge in [0, 0.05) is 13.0 Å². The third-order valence-corrected chi connectivity index (χ3v) is 4.14. The molecule has 0 atom stereocenters. The van der Waals surface area contributed by atoms with Crippen LogP contribution in [0.25, 0.3) is 0 Å². The van der Waals surface area contributed by atoms with Crippen molar-refractivity contribution >= 4 is 28.9 Å². The van der Waals surface area contributed by atoms with Crippen LogP contribution in [0.5, 0.6) is 0 Å². The highest BCUT2D eigenvalue weighted by Gasteiger charge is 2.25. The van der Waals surface area contributed by atoms with E-state index in [0.717, 1.165) is 29.9 Å². The maximum Gasteiger partial charge on any atom is 0.303 e. The molecule has 0 radical (unpaired) electrons. The Morgan fingerprint density at radius 1 is 0.958 bits per heavy atom. The van der Waals surface area contributed by atoms with Gasteiger partial charge in [0.25, 0.3) is 5.91 Å². The van der Waals surface area contributed by atoms with Gasteiger partial charge in [0.15, 0.2) is 0 Å². The average Bonchev–Trinajstić information content (AvgIpc) is 2.69. The molecule has 24 heavy (non-hydrogen) atoms. The Morgan fingerprint density at radius 2 is 1.67 bits per heavy atom. The van der Waals surface area contributed by atoms with Gasteiger partial charge in [0.05, 0.1) is 22.6 Å². The number of rotatable bonds is 6. The van der Waals surface area contributed by atoms with Gasteiger partial charge < -0.3 is 15.3 Å². The van der Waals surface area contributed by atoms with Gasteiger partial charge in [-0.15, -0.1) is 0 Å². The number of nitrogens with zero attached hydrogens (tertiary/aromatic N) is 1. The summed E-state index contributed by atoms with van der Waals surface area (Å²) in [6.07, 6.45) is 2.37. The fourth-order valence-electron chi connectivity index (χ4n) is 2.94. The van der Waals surface area contributed by atoms with Gasteiger partial charge in [-0.1, -0.05) is 30.7 Å². The molecule has 5 heteroatoms. The van der Waals surface area contributed by atoms with E-state index < -0.39 is 5.97 Å². The minimum absolute atomic E-state index is 0.0266. The standard InChI is InChI=1S/C19H20N2O3/c22-18(23)12-2-1-7-13-21-17-11-6-5-10-16(17)20-15-9-4-3-8-14(15)19(21)24/h3-6,8-11,20H,1-2,7,12-13H2,(H,22,23). The first kappa shape index (κ1) is 16.1. The molecule has 3 rings (SSSR count). The SMILES string of the molecule is O=C(O)CCCCCN1C(=O)c2ccccc2Nc2ccccc21. The highest BCUT2D eigenvalue weighted by molar-refractivity contribution is 6.13. The molecule has 1 heterocycles. The number of unbranched alkanes of at least 4 members (excludes halogenated alkanes) is 2. The Morgan fingerprint density at radius 3 is 2.46 bits per heavy atom. The number of aliphatic carboxylic acids is 1. The van der Waals surface area contributed by atoms with Crippen LogP contribution in [0, 0.1) is 0 Å². The number of benzene rings is 2. The van der Waals surface area contributed by atoms with Crippen LogP contribution in [0.2, 0.25) is 0 Å². The molecule has 2 N–H and O–H groups in total.